The lowest BCUT2D eigenvalue weighted by atomic mass is 10.1. The molecule has 0 heterocycles. The van der Waals surface area contributed by atoms with E-state index in [0.717, 1.165) is 3.57 Å². The molecule has 0 bridgehead atoms. The number of hydrogen-bond donors (Lipinski definition) is 0. The number of amides is 1. The van der Waals surface area contributed by atoms with Crippen molar-refractivity contribution in [1.29, 1.82) is 0 Å². The summed E-state index contributed by atoms with van der Waals surface area (Å²) in [6, 6.07) is 4.37. The monoisotopic (exact) mass is 376 g/mol. The Kier molecular flexibility index (Phi) is 5.71. The van der Waals surface area contributed by atoms with Gasteiger partial charge >= 0.3 is 0 Å². The molecule has 6 heteroatoms. The predicted molar refractivity (Wildman–Crippen MR) is 82.2 cm³/mol. The van der Waals surface area contributed by atoms with Gasteiger partial charge in [-0.3, -0.25) is 14.9 Å². The molecule has 0 saturated heterocycles. The van der Waals surface area contributed by atoms with Crippen LogP contribution >= 0.6 is 22.6 Å². The number of benzene rings is 1. The highest BCUT2D eigenvalue weighted by atomic mass is 127. The standard InChI is InChI=1S/C13H17IN2O3/c1-4-15(8-9(2)3)13(17)11-7-10(16(18)19)5-6-12(11)14/h5-7,9H,4,8H2,1-3H3. The van der Waals surface area contributed by atoms with Crippen molar-refractivity contribution in [3.05, 3.63) is 37.4 Å². The number of nitro benzene ring substituents is 1. The Balaban J connectivity index is 3.09. The topological polar surface area (TPSA) is 63.5 Å². The summed E-state index contributed by atoms with van der Waals surface area (Å²) in [5, 5.41) is 10.8. The third-order valence-electron chi connectivity index (χ3n) is 2.65. The minimum atomic E-state index is -0.481. The molecule has 1 amide bonds. The van der Waals surface area contributed by atoms with Crippen LogP contribution in [0, 0.1) is 19.6 Å². The van der Waals surface area contributed by atoms with E-state index in [4.69, 9.17) is 0 Å². The van der Waals surface area contributed by atoms with Crippen LogP contribution in [0.4, 0.5) is 5.69 Å². The first-order valence-corrected chi connectivity index (χ1v) is 7.17. The molecule has 0 fully saturated rings. The van der Waals surface area contributed by atoms with Gasteiger partial charge in [-0.05, 0) is 41.5 Å². The van der Waals surface area contributed by atoms with E-state index in [9.17, 15) is 14.9 Å². The lowest BCUT2D eigenvalue weighted by molar-refractivity contribution is -0.384. The maximum Gasteiger partial charge on any atom is 0.270 e. The molecule has 0 radical (unpaired) electrons. The molecular formula is C13H17IN2O3. The van der Waals surface area contributed by atoms with E-state index in [1.54, 1.807) is 11.0 Å². The van der Waals surface area contributed by atoms with Gasteiger partial charge in [0.1, 0.15) is 0 Å². The first kappa shape index (κ1) is 15.9. The molecule has 5 nitrogen and oxygen atoms in total. The normalized spacial score (nSPS) is 10.6. The highest BCUT2D eigenvalue weighted by Crippen LogP contribution is 2.21. The number of non-ortho nitro benzene ring substituents is 1. The molecule has 0 unspecified atom stereocenters. The van der Waals surface area contributed by atoms with Crippen molar-refractivity contribution in [2.24, 2.45) is 5.92 Å². The number of carbonyl (C=O) groups excluding carboxylic acids is 1. The lowest BCUT2D eigenvalue weighted by Gasteiger charge is -2.23. The largest absolute Gasteiger partial charge is 0.339 e. The number of halogens is 1. The molecule has 19 heavy (non-hydrogen) atoms. The van der Waals surface area contributed by atoms with Crippen molar-refractivity contribution in [3.63, 3.8) is 0 Å². The van der Waals surface area contributed by atoms with Crippen LogP contribution in [0.5, 0.6) is 0 Å². The van der Waals surface area contributed by atoms with Crippen LogP contribution in [0.25, 0.3) is 0 Å². The molecule has 0 aromatic heterocycles. The Bertz CT molecular complexity index is 489. The number of rotatable bonds is 5. The fourth-order valence-corrected chi connectivity index (χ4v) is 2.32. The summed E-state index contributed by atoms with van der Waals surface area (Å²) in [6.07, 6.45) is 0. The van der Waals surface area contributed by atoms with Crippen LogP contribution < -0.4 is 0 Å². The van der Waals surface area contributed by atoms with Crippen molar-refractivity contribution < 1.29 is 9.72 Å². The second-order valence-electron chi connectivity index (χ2n) is 4.66. The highest BCUT2D eigenvalue weighted by Gasteiger charge is 2.20. The minimum absolute atomic E-state index is 0.0515. The summed E-state index contributed by atoms with van der Waals surface area (Å²) >= 11 is 2.03. The van der Waals surface area contributed by atoms with Crippen LogP contribution in [0.2, 0.25) is 0 Å². The molecule has 1 aromatic rings. The van der Waals surface area contributed by atoms with Crippen molar-refractivity contribution in [1.82, 2.24) is 4.90 Å². The SMILES string of the molecule is CCN(CC(C)C)C(=O)c1cc([N+](=O)[O-])ccc1I. The average Bonchev–Trinajstić information content (AvgIpc) is 2.35. The maximum absolute atomic E-state index is 12.4. The molecule has 0 aliphatic carbocycles. The van der Waals surface area contributed by atoms with Gasteiger partial charge in [-0.15, -0.1) is 0 Å². The maximum atomic E-state index is 12.4. The fourth-order valence-electron chi connectivity index (χ4n) is 1.76. The molecule has 1 rings (SSSR count). The highest BCUT2D eigenvalue weighted by molar-refractivity contribution is 14.1. The summed E-state index contributed by atoms with van der Waals surface area (Å²) in [6.45, 7) is 7.22. The Hall–Kier alpha value is -1.18. The first-order chi connectivity index (χ1) is 8.86. The number of hydrogen-bond acceptors (Lipinski definition) is 3. The molecule has 1 aromatic carbocycles. The van der Waals surface area contributed by atoms with Crippen LogP contribution in [0.15, 0.2) is 18.2 Å². The third-order valence-corrected chi connectivity index (χ3v) is 3.59. The van der Waals surface area contributed by atoms with Crippen molar-refractivity contribution in [2.75, 3.05) is 13.1 Å². The molecule has 0 N–H and O–H groups in total. The summed E-state index contributed by atoms with van der Waals surface area (Å²) in [5.74, 6) is 0.213. The smallest absolute Gasteiger partial charge is 0.270 e. The Morgan fingerprint density at radius 1 is 1.47 bits per heavy atom. The molecule has 0 saturated carbocycles. The summed E-state index contributed by atoms with van der Waals surface area (Å²) in [5.41, 5.74) is 0.349. The Labute approximate surface area is 126 Å². The summed E-state index contributed by atoms with van der Waals surface area (Å²) in [7, 11) is 0. The molecule has 104 valence electrons. The van der Waals surface area contributed by atoms with Gasteiger partial charge in [0.05, 0.1) is 10.5 Å². The van der Waals surface area contributed by atoms with E-state index in [1.165, 1.54) is 12.1 Å². The molecule has 0 spiro atoms. The van der Waals surface area contributed by atoms with Gasteiger partial charge < -0.3 is 4.90 Å². The minimum Gasteiger partial charge on any atom is -0.339 e. The van der Waals surface area contributed by atoms with Crippen LogP contribution in [-0.4, -0.2) is 28.8 Å². The Morgan fingerprint density at radius 3 is 2.58 bits per heavy atom. The van der Waals surface area contributed by atoms with Gasteiger partial charge in [0.25, 0.3) is 11.6 Å². The quantitative estimate of drug-likeness (QED) is 0.450. The van der Waals surface area contributed by atoms with Gasteiger partial charge in [0.2, 0.25) is 0 Å². The lowest BCUT2D eigenvalue weighted by Crippen LogP contribution is -2.34. The van der Waals surface area contributed by atoms with Gasteiger partial charge in [-0.2, -0.15) is 0 Å². The zero-order chi connectivity index (χ0) is 14.6. The number of nitrogens with zero attached hydrogens (tertiary/aromatic N) is 2. The molecular weight excluding hydrogens is 359 g/mol. The molecule has 0 aliphatic heterocycles. The van der Waals surface area contributed by atoms with E-state index in [0.29, 0.717) is 24.6 Å². The van der Waals surface area contributed by atoms with E-state index < -0.39 is 4.92 Å². The first-order valence-electron chi connectivity index (χ1n) is 6.10. The fraction of sp³-hybridized carbons (Fsp3) is 0.462. The van der Waals surface area contributed by atoms with Gasteiger partial charge in [-0.25, -0.2) is 0 Å². The predicted octanol–water partition coefficient (Wildman–Crippen LogP) is 3.32. The second-order valence-corrected chi connectivity index (χ2v) is 5.82. The Morgan fingerprint density at radius 2 is 2.11 bits per heavy atom. The average molecular weight is 376 g/mol. The van der Waals surface area contributed by atoms with E-state index >= 15 is 0 Å². The van der Waals surface area contributed by atoms with Gasteiger partial charge in [0.15, 0.2) is 0 Å². The molecule has 0 aliphatic rings. The zero-order valence-electron chi connectivity index (χ0n) is 11.2. The van der Waals surface area contributed by atoms with E-state index in [2.05, 4.69) is 0 Å². The summed E-state index contributed by atoms with van der Waals surface area (Å²) < 4.78 is 0.732. The van der Waals surface area contributed by atoms with E-state index in [-0.39, 0.29) is 11.6 Å². The number of carbonyl (C=O) groups is 1. The number of nitro groups is 1. The third kappa shape index (κ3) is 4.15. The van der Waals surface area contributed by atoms with Crippen molar-refractivity contribution in [3.8, 4) is 0 Å². The van der Waals surface area contributed by atoms with Crippen molar-refractivity contribution in [2.45, 2.75) is 20.8 Å². The van der Waals surface area contributed by atoms with E-state index in [1.807, 2.05) is 43.4 Å². The van der Waals surface area contributed by atoms with Crippen LogP contribution in [0.3, 0.4) is 0 Å². The summed E-state index contributed by atoms with van der Waals surface area (Å²) in [4.78, 5) is 24.4. The van der Waals surface area contributed by atoms with Gasteiger partial charge in [0, 0.05) is 28.8 Å². The van der Waals surface area contributed by atoms with Crippen LogP contribution in [-0.2, 0) is 0 Å². The van der Waals surface area contributed by atoms with Crippen LogP contribution in [0.1, 0.15) is 31.1 Å². The van der Waals surface area contributed by atoms with Crippen molar-refractivity contribution >= 4 is 34.2 Å². The zero-order valence-corrected chi connectivity index (χ0v) is 13.4. The van der Waals surface area contributed by atoms with Gasteiger partial charge in [-0.1, -0.05) is 13.8 Å². The molecule has 0 atom stereocenters. The second kappa shape index (κ2) is 6.83.